The van der Waals surface area contributed by atoms with Crippen molar-refractivity contribution in [2.24, 2.45) is 0 Å². The van der Waals surface area contributed by atoms with Gasteiger partial charge in [-0.3, -0.25) is 4.79 Å². The first kappa shape index (κ1) is 9.49. The maximum atomic E-state index is 11.5. The van der Waals surface area contributed by atoms with Crippen LogP contribution in [0.4, 0.5) is 0 Å². The minimum Gasteiger partial charge on any atom is -0.311 e. The van der Waals surface area contributed by atoms with Crippen molar-refractivity contribution in [2.75, 3.05) is 13.1 Å². The number of fused-ring (bicyclic) bond motifs is 1. The van der Waals surface area contributed by atoms with Crippen LogP contribution in [-0.2, 0) is 4.79 Å². The van der Waals surface area contributed by atoms with Gasteiger partial charge < -0.3 is 5.32 Å². The summed E-state index contributed by atoms with van der Waals surface area (Å²) in [5.74, 6) is 0.302. The molecule has 3 atom stereocenters. The lowest BCUT2D eigenvalue weighted by Crippen LogP contribution is -2.45. The van der Waals surface area contributed by atoms with Crippen molar-refractivity contribution in [3.8, 4) is 0 Å². The van der Waals surface area contributed by atoms with Crippen molar-refractivity contribution in [1.29, 1.82) is 0 Å². The molecule has 0 aromatic heterocycles. The molecule has 0 radical (unpaired) electrons. The van der Waals surface area contributed by atoms with E-state index >= 15 is 0 Å². The molecule has 0 aromatic rings. The van der Waals surface area contributed by atoms with Crippen molar-refractivity contribution in [3.05, 3.63) is 0 Å². The van der Waals surface area contributed by atoms with Crippen LogP contribution in [0.1, 0.15) is 20.3 Å². The minimum absolute atomic E-state index is 0.113. The highest BCUT2D eigenvalue weighted by molar-refractivity contribution is 7.98. The number of nitrogens with zero attached hydrogens (tertiary/aromatic N) is 1. The summed E-state index contributed by atoms with van der Waals surface area (Å²) in [5, 5.41) is 4.06. The molecule has 2 aliphatic rings. The highest BCUT2D eigenvalue weighted by Crippen LogP contribution is 2.38. The van der Waals surface area contributed by atoms with Crippen LogP contribution in [0, 0.1) is 0 Å². The smallest absolute Gasteiger partial charge is 0.149 e. The van der Waals surface area contributed by atoms with Crippen molar-refractivity contribution in [3.63, 3.8) is 0 Å². The SMILES string of the molecule is CCN1SC2CCNC2C1C(C)=O. The van der Waals surface area contributed by atoms with Crippen LogP contribution in [0.2, 0.25) is 0 Å². The number of nitrogens with one attached hydrogen (secondary N) is 1. The van der Waals surface area contributed by atoms with Gasteiger partial charge in [0.15, 0.2) is 0 Å². The standard InChI is InChI=1S/C9H16N2OS/c1-3-11-9(6(2)12)8-7(13-11)4-5-10-8/h7-10H,3-5H2,1-2H3. The first-order chi connectivity index (χ1) is 6.24. The molecule has 2 saturated heterocycles. The van der Waals surface area contributed by atoms with Gasteiger partial charge in [-0.15, -0.1) is 0 Å². The van der Waals surface area contributed by atoms with Gasteiger partial charge in [0.1, 0.15) is 5.78 Å². The van der Waals surface area contributed by atoms with E-state index in [0.29, 0.717) is 17.1 Å². The van der Waals surface area contributed by atoms with Gasteiger partial charge in [-0.1, -0.05) is 18.9 Å². The molecule has 13 heavy (non-hydrogen) atoms. The molecular weight excluding hydrogens is 184 g/mol. The van der Waals surface area contributed by atoms with Crippen LogP contribution in [-0.4, -0.2) is 40.5 Å². The van der Waals surface area contributed by atoms with Gasteiger partial charge >= 0.3 is 0 Å². The Morgan fingerprint density at radius 1 is 1.69 bits per heavy atom. The van der Waals surface area contributed by atoms with Crippen molar-refractivity contribution < 1.29 is 4.79 Å². The molecule has 2 heterocycles. The van der Waals surface area contributed by atoms with Crippen LogP contribution in [0.25, 0.3) is 0 Å². The Bertz CT molecular complexity index is 222. The van der Waals surface area contributed by atoms with Gasteiger partial charge in [0.2, 0.25) is 0 Å². The van der Waals surface area contributed by atoms with E-state index in [2.05, 4.69) is 16.5 Å². The highest BCUT2D eigenvalue weighted by Gasteiger charge is 2.46. The maximum absolute atomic E-state index is 11.5. The quantitative estimate of drug-likeness (QED) is 0.664. The molecular formula is C9H16N2OS. The summed E-state index contributed by atoms with van der Waals surface area (Å²) in [4.78, 5) is 11.5. The second kappa shape index (κ2) is 3.59. The van der Waals surface area contributed by atoms with E-state index in [0.717, 1.165) is 13.1 Å². The third kappa shape index (κ3) is 1.51. The topological polar surface area (TPSA) is 32.3 Å². The van der Waals surface area contributed by atoms with Crippen LogP contribution >= 0.6 is 11.9 Å². The number of hydrogen-bond acceptors (Lipinski definition) is 4. The summed E-state index contributed by atoms with van der Waals surface area (Å²) >= 11 is 1.87. The summed E-state index contributed by atoms with van der Waals surface area (Å²) in [6.07, 6.45) is 1.20. The summed E-state index contributed by atoms with van der Waals surface area (Å²) in [5.41, 5.74) is 0. The predicted octanol–water partition coefficient (Wildman–Crippen LogP) is 0.658. The van der Waals surface area contributed by atoms with E-state index in [1.807, 2.05) is 11.9 Å². The lowest BCUT2D eigenvalue weighted by atomic mass is 10.0. The molecule has 0 aliphatic carbocycles. The van der Waals surface area contributed by atoms with Crippen molar-refractivity contribution in [2.45, 2.75) is 37.6 Å². The van der Waals surface area contributed by atoms with E-state index in [-0.39, 0.29) is 6.04 Å². The fraction of sp³-hybridized carbons (Fsp3) is 0.889. The Hall–Kier alpha value is -0.0600. The maximum Gasteiger partial charge on any atom is 0.149 e. The van der Waals surface area contributed by atoms with E-state index in [1.54, 1.807) is 6.92 Å². The first-order valence-electron chi connectivity index (χ1n) is 4.91. The fourth-order valence-corrected chi connectivity index (χ4v) is 3.79. The van der Waals surface area contributed by atoms with Crippen molar-refractivity contribution in [1.82, 2.24) is 9.62 Å². The molecule has 0 amide bonds. The average Bonchev–Trinajstić information content (AvgIpc) is 2.59. The van der Waals surface area contributed by atoms with Gasteiger partial charge in [0.25, 0.3) is 0 Å². The number of Topliss-reactive ketones (excluding diaryl/α,β-unsaturated/α-hetero) is 1. The summed E-state index contributed by atoms with van der Waals surface area (Å²) < 4.78 is 2.23. The molecule has 3 nitrogen and oxygen atoms in total. The lowest BCUT2D eigenvalue weighted by molar-refractivity contribution is -0.120. The molecule has 2 aliphatic heterocycles. The Morgan fingerprint density at radius 2 is 2.46 bits per heavy atom. The third-order valence-corrected chi connectivity index (χ3v) is 4.41. The zero-order chi connectivity index (χ0) is 9.42. The van der Waals surface area contributed by atoms with Crippen LogP contribution in [0.3, 0.4) is 0 Å². The van der Waals surface area contributed by atoms with E-state index in [4.69, 9.17) is 0 Å². The molecule has 3 unspecified atom stereocenters. The predicted molar refractivity (Wildman–Crippen MR) is 54.6 cm³/mol. The van der Waals surface area contributed by atoms with Crippen molar-refractivity contribution >= 4 is 17.7 Å². The Kier molecular flexibility index (Phi) is 2.62. The molecule has 1 N–H and O–H groups in total. The second-order valence-electron chi connectivity index (χ2n) is 3.70. The fourth-order valence-electron chi connectivity index (χ4n) is 2.28. The summed E-state index contributed by atoms with van der Waals surface area (Å²) in [6, 6.07) is 0.518. The Morgan fingerprint density at radius 3 is 3.08 bits per heavy atom. The van der Waals surface area contributed by atoms with E-state index in [9.17, 15) is 4.79 Å². The number of likely N-dealkylation sites (N-methyl/N-ethyl adjacent to an activating group) is 1. The first-order valence-corrected chi connectivity index (χ1v) is 5.75. The molecule has 2 rings (SSSR count). The lowest BCUT2D eigenvalue weighted by Gasteiger charge is -2.22. The largest absolute Gasteiger partial charge is 0.311 e. The Labute approximate surface area is 83.4 Å². The van der Waals surface area contributed by atoms with E-state index in [1.165, 1.54) is 6.42 Å². The van der Waals surface area contributed by atoms with Crippen LogP contribution < -0.4 is 5.32 Å². The molecule has 0 saturated carbocycles. The third-order valence-electron chi connectivity index (χ3n) is 2.86. The van der Waals surface area contributed by atoms with Gasteiger partial charge in [0, 0.05) is 17.8 Å². The zero-order valence-corrected chi connectivity index (χ0v) is 8.93. The zero-order valence-electron chi connectivity index (χ0n) is 8.12. The number of carbonyl (C=O) groups is 1. The van der Waals surface area contributed by atoms with Gasteiger partial charge in [-0.2, -0.15) is 0 Å². The van der Waals surface area contributed by atoms with E-state index < -0.39 is 0 Å². The molecule has 0 spiro atoms. The Balaban J connectivity index is 2.14. The molecule has 0 bridgehead atoms. The summed E-state index contributed by atoms with van der Waals surface area (Å²) in [7, 11) is 0. The normalized spacial score (nSPS) is 39.4. The number of hydrogen-bond donors (Lipinski definition) is 1. The number of carbonyl (C=O) groups excluding carboxylic acids is 1. The average molecular weight is 200 g/mol. The van der Waals surface area contributed by atoms with Crippen LogP contribution in [0.5, 0.6) is 0 Å². The number of ketones is 1. The second-order valence-corrected chi connectivity index (χ2v) is 4.99. The van der Waals surface area contributed by atoms with Gasteiger partial charge in [0.05, 0.1) is 6.04 Å². The molecule has 4 heteroatoms. The number of rotatable bonds is 2. The van der Waals surface area contributed by atoms with Gasteiger partial charge in [-0.05, 0) is 19.9 Å². The molecule has 74 valence electrons. The molecule has 0 aromatic carbocycles. The molecule has 2 fully saturated rings. The van der Waals surface area contributed by atoms with Gasteiger partial charge in [-0.25, -0.2) is 4.31 Å². The van der Waals surface area contributed by atoms with Crippen LogP contribution in [0.15, 0.2) is 0 Å². The minimum atomic E-state index is 0.113. The summed E-state index contributed by atoms with van der Waals surface area (Å²) in [6.45, 7) is 5.85. The highest BCUT2D eigenvalue weighted by atomic mass is 32.2. The monoisotopic (exact) mass is 200 g/mol.